The fourth-order valence-corrected chi connectivity index (χ4v) is 3.15. The molecule has 1 N–H and O–H groups in total. The van der Waals surface area contributed by atoms with Crippen LogP contribution in [0, 0.1) is 0 Å². The summed E-state index contributed by atoms with van der Waals surface area (Å²) < 4.78 is 11.0. The van der Waals surface area contributed by atoms with Crippen molar-refractivity contribution in [3.05, 3.63) is 101 Å². The van der Waals surface area contributed by atoms with Crippen LogP contribution < -0.4 is 20.8 Å². The predicted molar refractivity (Wildman–Crippen MR) is 121 cm³/mol. The van der Waals surface area contributed by atoms with Gasteiger partial charge in [0.25, 0.3) is 5.91 Å². The number of benzene rings is 3. The number of anilines is 2. The molecule has 0 bridgehead atoms. The molecule has 0 radical (unpaired) electrons. The number of nitrogens with zero attached hydrogens (tertiary/aromatic N) is 1. The largest absolute Gasteiger partial charge is 0.493 e. The summed E-state index contributed by atoms with van der Waals surface area (Å²) in [6.07, 6.45) is 0.875. The number of carbonyl (C=O) groups is 1. The zero-order chi connectivity index (χ0) is 21.6. The predicted octanol–water partition coefficient (Wildman–Crippen LogP) is 5.06. The number of para-hydroxylation sites is 2. The molecule has 3 aromatic carbocycles. The number of hydrogen-bond donors (Lipinski definition) is 1. The molecular weight excluding hydrogens is 392 g/mol. The van der Waals surface area contributed by atoms with Gasteiger partial charge in [-0.2, -0.15) is 0 Å². The second-order valence-electron chi connectivity index (χ2n) is 6.94. The molecule has 1 aromatic heterocycles. The van der Waals surface area contributed by atoms with E-state index in [0.29, 0.717) is 23.3 Å². The molecule has 0 aliphatic rings. The summed E-state index contributed by atoms with van der Waals surface area (Å²) in [5.41, 5.74) is 3.92. The van der Waals surface area contributed by atoms with Crippen molar-refractivity contribution in [3.63, 3.8) is 0 Å². The molecule has 6 nitrogen and oxygen atoms in total. The maximum Gasteiger partial charge on any atom is 0.349 e. The van der Waals surface area contributed by atoms with Gasteiger partial charge in [0.15, 0.2) is 0 Å². The Kier molecular flexibility index (Phi) is 5.98. The molecule has 0 saturated carbocycles. The Morgan fingerprint density at radius 2 is 1.58 bits per heavy atom. The highest BCUT2D eigenvalue weighted by Crippen LogP contribution is 2.24. The second-order valence-corrected chi connectivity index (χ2v) is 6.94. The van der Waals surface area contributed by atoms with Crippen LogP contribution in [0.3, 0.4) is 0 Å². The molecule has 6 heteroatoms. The lowest BCUT2D eigenvalue weighted by atomic mass is 10.1. The van der Waals surface area contributed by atoms with Gasteiger partial charge < -0.3 is 9.15 Å². The van der Waals surface area contributed by atoms with E-state index in [1.165, 1.54) is 6.07 Å². The summed E-state index contributed by atoms with van der Waals surface area (Å²) in [5.74, 6) is 0.0590. The molecule has 0 spiro atoms. The van der Waals surface area contributed by atoms with Crippen molar-refractivity contribution in [2.75, 3.05) is 11.6 Å². The summed E-state index contributed by atoms with van der Waals surface area (Å²) in [4.78, 5) is 25.6. The van der Waals surface area contributed by atoms with Crippen LogP contribution in [0.5, 0.6) is 5.75 Å². The molecule has 4 aromatic rings. The topological polar surface area (TPSA) is 71.8 Å². The van der Waals surface area contributed by atoms with Crippen LogP contribution in [-0.4, -0.2) is 12.5 Å². The third kappa shape index (κ3) is 4.59. The summed E-state index contributed by atoms with van der Waals surface area (Å²) >= 11 is 0. The fraction of sp³-hybridized carbons (Fsp3) is 0.120. The monoisotopic (exact) mass is 414 g/mol. The van der Waals surface area contributed by atoms with Crippen molar-refractivity contribution in [2.45, 2.75) is 13.3 Å². The van der Waals surface area contributed by atoms with Crippen LogP contribution >= 0.6 is 0 Å². The van der Waals surface area contributed by atoms with Gasteiger partial charge >= 0.3 is 5.63 Å². The zero-order valence-corrected chi connectivity index (χ0v) is 17.1. The van der Waals surface area contributed by atoms with Gasteiger partial charge in [-0.25, -0.2) is 4.79 Å². The highest BCUT2D eigenvalue weighted by molar-refractivity contribution is 5.98. The van der Waals surface area contributed by atoms with Gasteiger partial charge in [-0.05, 0) is 48.9 Å². The maximum absolute atomic E-state index is 13.0. The summed E-state index contributed by atoms with van der Waals surface area (Å²) in [5, 5.41) is 2.27. The van der Waals surface area contributed by atoms with E-state index in [1.807, 2.05) is 67.6 Å². The van der Waals surface area contributed by atoms with Crippen molar-refractivity contribution in [1.29, 1.82) is 0 Å². The molecule has 156 valence electrons. The third-order valence-corrected chi connectivity index (χ3v) is 4.67. The average Bonchev–Trinajstić information content (AvgIpc) is 2.81. The standard InChI is InChI=1S/C25H22N2O4/c1-2-15-30-21-14-13-18-16-22(25(29)31-23(18)17-21)24(28)26-27(19-9-5-3-6-10-19)20-11-7-4-8-12-20/h3-14,16-17H,2,15H2,1H3,(H,26,28). The van der Waals surface area contributed by atoms with Crippen LogP contribution in [0.25, 0.3) is 11.0 Å². The van der Waals surface area contributed by atoms with Crippen molar-refractivity contribution < 1.29 is 13.9 Å². The first kappa shape index (κ1) is 20.2. The van der Waals surface area contributed by atoms with E-state index >= 15 is 0 Å². The molecule has 31 heavy (non-hydrogen) atoms. The molecular formula is C25H22N2O4. The maximum atomic E-state index is 13.0. The van der Waals surface area contributed by atoms with E-state index < -0.39 is 11.5 Å². The fourth-order valence-electron chi connectivity index (χ4n) is 3.15. The molecule has 0 aliphatic carbocycles. The molecule has 0 aliphatic heterocycles. The number of nitrogens with one attached hydrogen (secondary N) is 1. The highest BCUT2D eigenvalue weighted by Gasteiger charge is 2.18. The normalized spacial score (nSPS) is 10.6. The van der Waals surface area contributed by atoms with Gasteiger partial charge in [-0.15, -0.1) is 0 Å². The first-order chi connectivity index (χ1) is 15.2. The molecule has 0 unspecified atom stereocenters. The number of fused-ring (bicyclic) bond motifs is 1. The summed E-state index contributed by atoms with van der Waals surface area (Å²) in [7, 11) is 0. The average molecular weight is 414 g/mol. The number of ether oxygens (including phenoxy) is 1. The van der Waals surface area contributed by atoms with Gasteiger partial charge in [0.2, 0.25) is 0 Å². The quantitative estimate of drug-likeness (QED) is 0.338. The van der Waals surface area contributed by atoms with Gasteiger partial charge in [-0.3, -0.25) is 15.2 Å². The van der Waals surface area contributed by atoms with Gasteiger partial charge in [0.05, 0.1) is 18.0 Å². The number of rotatable bonds is 7. The minimum atomic E-state index is -0.710. The van der Waals surface area contributed by atoms with Gasteiger partial charge in [0.1, 0.15) is 16.9 Å². The molecule has 1 amide bonds. The minimum Gasteiger partial charge on any atom is -0.493 e. The van der Waals surface area contributed by atoms with E-state index in [4.69, 9.17) is 9.15 Å². The van der Waals surface area contributed by atoms with Gasteiger partial charge in [-0.1, -0.05) is 43.3 Å². The number of carbonyl (C=O) groups excluding carboxylic acids is 1. The van der Waals surface area contributed by atoms with Crippen LogP contribution in [0.1, 0.15) is 23.7 Å². The summed E-state index contributed by atoms with van der Waals surface area (Å²) in [6, 6.07) is 25.5. The number of hydrogen-bond acceptors (Lipinski definition) is 5. The summed E-state index contributed by atoms with van der Waals surface area (Å²) in [6.45, 7) is 2.59. The van der Waals surface area contributed by atoms with Crippen molar-refractivity contribution in [1.82, 2.24) is 5.43 Å². The first-order valence-electron chi connectivity index (χ1n) is 10.1. The van der Waals surface area contributed by atoms with Crippen LogP contribution in [0.2, 0.25) is 0 Å². The van der Waals surface area contributed by atoms with Crippen LogP contribution in [0.4, 0.5) is 11.4 Å². The Morgan fingerprint density at radius 1 is 0.935 bits per heavy atom. The highest BCUT2D eigenvalue weighted by atomic mass is 16.5. The Morgan fingerprint density at radius 3 is 2.19 bits per heavy atom. The van der Waals surface area contributed by atoms with Crippen LogP contribution in [0.15, 0.2) is 94.1 Å². The number of hydrazine groups is 1. The van der Waals surface area contributed by atoms with Crippen molar-refractivity contribution >= 4 is 28.3 Å². The molecule has 0 saturated heterocycles. The molecule has 0 fully saturated rings. The van der Waals surface area contributed by atoms with Gasteiger partial charge in [0, 0.05) is 11.5 Å². The van der Waals surface area contributed by atoms with Crippen molar-refractivity contribution in [3.8, 4) is 5.75 Å². The molecule has 0 atom stereocenters. The molecule has 4 rings (SSSR count). The lowest BCUT2D eigenvalue weighted by Gasteiger charge is -2.25. The SMILES string of the molecule is CCCOc1ccc2cc(C(=O)NN(c3ccccc3)c3ccccc3)c(=O)oc2c1. The lowest BCUT2D eigenvalue weighted by molar-refractivity contribution is 0.0950. The van der Waals surface area contributed by atoms with E-state index in [2.05, 4.69) is 5.43 Å². The Bertz CT molecular complexity index is 1200. The first-order valence-corrected chi connectivity index (χ1v) is 10.1. The Balaban J connectivity index is 1.66. The van der Waals surface area contributed by atoms with E-state index in [1.54, 1.807) is 23.2 Å². The minimum absolute atomic E-state index is 0.0772. The lowest BCUT2D eigenvalue weighted by Crippen LogP contribution is -2.40. The van der Waals surface area contributed by atoms with Crippen LogP contribution in [-0.2, 0) is 0 Å². The zero-order valence-electron chi connectivity index (χ0n) is 17.1. The Labute approximate surface area is 179 Å². The van der Waals surface area contributed by atoms with E-state index in [-0.39, 0.29) is 5.56 Å². The Hall–Kier alpha value is -4.06. The second kappa shape index (κ2) is 9.17. The van der Waals surface area contributed by atoms with E-state index in [9.17, 15) is 9.59 Å². The number of amides is 1. The molecule has 1 heterocycles. The third-order valence-electron chi connectivity index (χ3n) is 4.67. The smallest absolute Gasteiger partial charge is 0.349 e. The van der Waals surface area contributed by atoms with Crippen molar-refractivity contribution in [2.24, 2.45) is 0 Å². The van der Waals surface area contributed by atoms with E-state index in [0.717, 1.165) is 17.8 Å².